The highest BCUT2D eigenvalue weighted by atomic mass is 16.5. The topological polar surface area (TPSA) is 55.4 Å². The number of carbonyl (C=O) groups excluding carboxylic acids is 2. The SMILES string of the molecule is C=CC(=O)OCC(=O)NCCCCCCCC. The number of hydrogen-bond donors (Lipinski definition) is 1. The van der Waals surface area contributed by atoms with E-state index in [1.165, 1.54) is 25.7 Å². The van der Waals surface area contributed by atoms with Crippen molar-refractivity contribution >= 4 is 11.9 Å². The van der Waals surface area contributed by atoms with Gasteiger partial charge in [-0.15, -0.1) is 0 Å². The average Bonchev–Trinajstić information content (AvgIpc) is 2.34. The van der Waals surface area contributed by atoms with Crippen LogP contribution in [0.2, 0.25) is 0 Å². The highest BCUT2D eigenvalue weighted by Gasteiger charge is 2.03. The molecule has 0 aromatic rings. The molecule has 0 bridgehead atoms. The maximum atomic E-state index is 11.2. The van der Waals surface area contributed by atoms with Gasteiger partial charge in [-0.25, -0.2) is 4.79 Å². The summed E-state index contributed by atoms with van der Waals surface area (Å²) < 4.78 is 4.59. The maximum absolute atomic E-state index is 11.2. The van der Waals surface area contributed by atoms with Crippen LogP contribution in [0, 0.1) is 0 Å². The third-order valence-electron chi connectivity index (χ3n) is 2.36. The fourth-order valence-corrected chi connectivity index (χ4v) is 1.38. The van der Waals surface area contributed by atoms with E-state index in [1.54, 1.807) is 0 Å². The average molecular weight is 241 g/mol. The van der Waals surface area contributed by atoms with Crippen LogP contribution in [0.3, 0.4) is 0 Å². The van der Waals surface area contributed by atoms with Crippen LogP contribution in [-0.4, -0.2) is 25.0 Å². The minimum atomic E-state index is -0.570. The molecule has 0 fully saturated rings. The summed E-state index contributed by atoms with van der Waals surface area (Å²) in [6.45, 7) is 5.86. The van der Waals surface area contributed by atoms with Crippen molar-refractivity contribution in [2.24, 2.45) is 0 Å². The molecule has 0 saturated carbocycles. The summed E-state index contributed by atoms with van der Waals surface area (Å²) in [4.78, 5) is 21.8. The van der Waals surface area contributed by atoms with Gasteiger partial charge in [-0.2, -0.15) is 0 Å². The molecule has 0 aliphatic carbocycles. The number of ether oxygens (including phenoxy) is 1. The number of esters is 1. The van der Waals surface area contributed by atoms with E-state index in [0.29, 0.717) is 6.54 Å². The fraction of sp³-hybridized carbons (Fsp3) is 0.692. The molecule has 4 heteroatoms. The normalized spacial score (nSPS) is 9.71. The van der Waals surface area contributed by atoms with Gasteiger partial charge in [0.25, 0.3) is 5.91 Å². The number of hydrogen-bond acceptors (Lipinski definition) is 3. The van der Waals surface area contributed by atoms with Gasteiger partial charge in [0.2, 0.25) is 0 Å². The minimum Gasteiger partial charge on any atom is -0.452 e. The molecule has 0 aliphatic rings. The molecule has 0 spiro atoms. The zero-order valence-corrected chi connectivity index (χ0v) is 10.7. The van der Waals surface area contributed by atoms with Gasteiger partial charge in [0.05, 0.1) is 0 Å². The zero-order valence-electron chi connectivity index (χ0n) is 10.7. The molecule has 17 heavy (non-hydrogen) atoms. The van der Waals surface area contributed by atoms with Crippen molar-refractivity contribution in [3.63, 3.8) is 0 Å². The van der Waals surface area contributed by atoms with Gasteiger partial charge >= 0.3 is 5.97 Å². The summed E-state index contributed by atoms with van der Waals surface area (Å²) in [6.07, 6.45) is 8.16. The Morgan fingerprint density at radius 3 is 2.47 bits per heavy atom. The maximum Gasteiger partial charge on any atom is 0.330 e. The van der Waals surface area contributed by atoms with Crippen LogP contribution < -0.4 is 5.32 Å². The molecule has 1 N–H and O–H groups in total. The first-order chi connectivity index (χ1) is 8.20. The highest BCUT2D eigenvalue weighted by Crippen LogP contribution is 2.03. The molecule has 1 amide bonds. The molecule has 0 unspecified atom stereocenters. The third-order valence-corrected chi connectivity index (χ3v) is 2.36. The van der Waals surface area contributed by atoms with E-state index in [4.69, 9.17) is 0 Å². The Hall–Kier alpha value is -1.32. The molecule has 4 nitrogen and oxygen atoms in total. The molecule has 0 rings (SSSR count). The van der Waals surface area contributed by atoms with Crippen molar-refractivity contribution in [1.82, 2.24) is 5.32 Å². The smallest absolute Gasteiger partial charge is 0.330 e. The molecule has 0 aromatic heterocycles. The van der Waals surface area contributed by atoms with E-state index in [2.05, 4.69) is 23.6 Å². The number of nitrogens with one attached hydrogen (secondary N) is 1. The second-order valence-electron chi connectivity index (χ2n) is 3.93. The van der Waals surface area contributed by atoms with E-state index >= 15 is 0 Å². The third kappa shape index (κ3) is 11.0. The number of carbonyl (C=O) groups is 2. The number of unbranched alkanes of at least 4 members (excludes halogenated alkanes) is 5. The molecule has 0 atom stereocenters. The first kappa shape index (κ1) is 15.7. The lowest BCUT2D eigenvalue weighted by molar-refractivity contribution is -0.143. The van der Waals surface area contributed by atoms with Gasteiger partial charge in [-0.1, -0.05) is 45.6 Å². The molecule has 0 saturated heterocycles. The first-order valence-electron chi connectivity index (χ1n) is 6.26. The standard InChI is InChI=1S/C13H23NO3/c1-3-5-6-7-8-9-10-14-12(15)11-17-13(16)4-2/h4H,2-3,5-11H2,1H3,(H,14,15). The van der Waals surface area contributed by atoms with Crippen molar-refractivity contribution in [1.29, 1.82) is 0 Å². The lowest BCUT2D eigenvalue weighted by Crippen LogP contribution is -2.29. The van der Waals surface area contributed by atoms with Gasteiger partial charge in [0, 0.05) is 12.6 Å². The molecule has 0 radical (unpaired) electrons. The van der Waals surface area contributed by atoms with Crippen LogP contribution in [0.5, 0.6) is 0 Å². The fourth-order valence-electron chi connectivity index (χ4n) is 1.38. The Bertz CT molecular complexity index is 239. The van der Waals surface area contributed by atoms with Crippen LogP contribution >= 0.6 is 0 Å². The lowest BCUT2D eigenvalue weighted by atomic mass is 10.1. The Morgan fingerprint density at radius 2 is 1.82 bits per heavy atom. The summed E-state index contributed by atoms with van der Waals surface area (Å²) in [5, 5.41) is 2.70. The summed E-state index contributed by atoms with van der Waals surface area (Å²) in [5.74, 6) is -0.825. The highest BCUT2D eigenvalue weighted by molar-refractivity contribution is 5.85. The second kappa shape index (κ2) is 11.2. The minimum absolute atomic E-state index is 0.222. The lowest BCUT2D eigenvalue weighted by Gasteiger charge is -2.05. The zero-order chi connectivity index (χ0) is 12.9. The van der Waals surface area contributed by atoms with Gasteiger partial charge in [-0.05, 0) is 6.42 Å². The van der Waals surface area contributed by atoms with Gasteiger partial charge in [-0.3, -0.25) is 4.79 Å². The molecular weight excluding hydrogens is 218 g/mol. The van der Waals surface area contributed by atoms with Crippen molar-refractivity contribution in [2.45, 2.75) is 45.4 Å². The summed E-state index contributed by atoms with van der Waals surface area (Å²) in [6, 6.07) is 0. The Kier molecular flexibility index (Phi) is 10.3. The van der Waals surface area contributed by atoms with E-state index in [1.807, 2.05) is 0 Å². The van der Waals surface area contributed by atoms with Gasteiger partial charge < -0.3 is 10.1 Å². The Balaban J connectivity index is 3.27. The quantitative estimate of drug-likeness (QED) is 0.362. The van der Waals surface area contributed by atoms with E-state index in [0.717, 1.165) is 18.9 Å². The molecule has 98 valence electrons. The number of rotatable bonds is 10. The van der Waals surface area contributed by atoms with Crippen LogP contribution in [-0.2, 0) is 14.3 Å². The summed E-state index contributed by atoms with van der Waals surface area (Å²) >= 11 is 0. The van der Waals surface area contributed by atoms with Crippen molar-refractivity contribution < 1.29 is 14.3 Å². The van der Waals surface area contributed by atoms with Crippen LogP contribution in [0.4, 0.5) is 0 Å². The Labute approximate surface area is 103 Å². The van der Waals surface area contributed by atoms with Gasteiger partial charge in [0.15, 0.2) is 6.61 Å². The largest absolute Gasteiger partial charge is 0.452 e. The first-order valence-corrected chi connectivity index (χ1v) is 6.26. The van der Waals surface area contributed by atoms with Crippen LogP contribution in [0.15, 0.2) is 12.7 Å². The van der Waals surface area contributed by atoms with E-state index < -0.39 is 5.97 Å². The van der Waals surface area contributed by atoms with E-state index in [-0.39, 0.29) is 12.5 Å². The van der Waals surface area contributed by atoms with Crippen molar-refractivity contribution in [2.75, 3.05) is 13.2 Å². The molecule has 0 heterocycles. The van der Waals surface area contributed by atoms with E-state index in [9.17, 15) is 9.59 Å². The number of amides is 1. The summed E-state index contributed by atoms with van der Waals surface area (Å²) in [7, 11) is 0. The Morgan fingerprint density at radius 1 is 1.18 bits per heavy atom. The monoisotopic (exact) mass is 241 g/mol. The predicted octanol–water partition coefficient (Wildman–Crippen LogP) is 2.19. The molecular formula is C13H23NO3. The van der Waals surface area contributed by atoms with Gasteiger partial charge in [0.1, 0.15) is 0 Å². The van der Waals surface area contributed by atoms with Crippen LogP contribution in [0.25, 0.3) is 0 Å². The second-order valence-corrected chi connectivity index (χ2v) is 3.93. The molecule has 0 aliphatic heterocycles. The predicted molar refractivity (Wildman–Crippen MR) is 67.5 cm³/mol. The summed E-state index contributed by atoms with van der Waals surface area (Å²) in [5.41, 5.74) is 0. The van der Waals surface area contributed by atoms with Crippen LogP contribution in [0.1, 0.15) is 45.4 Å². The van der Waals surface area contributed by atoms with Crippen molar-refractivity contribution in [3.8, 4) is 0 Å². The molecule has 0 aromatic carbocycles. The van der Waals surface area contributed by atoms with Crippen molar-refractivity contribution in [3.05, 3.63) is 12.7 Å².